The molecule has 0 rings (SSSR count). The van der Waals surface area contributed by atoms with Crippen LogP contribution in [-0.2, 0) is 28.7 Å². The molecule has 7 nitrogen and oxygen atoms in total. The van der Waals surface area contributed by atoms with E-state index >= 15 is 0 Å². The Hall–Kier alpha value is -1.76. The summed E-state index contributed by atoms with van der Waals surface area (Å²) in [5.74, 6) is -3.39. The molecule has 0 radical (unpaired) electrons. The smallest absolute Gasteiger partial charge is 0.377 e. The minimum Gasteiger partial charge on any atom is -0.457 e. The Bertz CT molecular complexity index is 244. The summed E-state index contributed by atoms with van der Waals surface area (Å²) in [6.45, 7) is -1.60. The van der Waals surface area contributed by atoms with Crippen LogP contribution in [0.3, 0.4) is 0 Å². The zero-order valence-electron chi connectivity index (χ0n) is 7.10. The summed E-state index contributed by atoms with van der Waals surface area (Å²) in [6, 6.07) is 0. The van der Waals surface area contributed by atoms with Crippen molar-refractivity contribution in [2.45, 2.75) is 0 Å². The number of rotatable bonds is 6. The minimum absolute atomic E-state index is 0.0410. The van der Waals surface area contributed by atoms with E-state index in [2.05, 4.69) is 9.47 Å². The van der Waals surface area contributed by atoms with Crippen molar-refractivity contribution < 1.29 is 33.8 Å². The third-order valence-electron chi connectivity index (χ3n) is 1.03. The number of hydrogen-bond donors (Lipinski definition) is 1. The highest BCUT2D eigenvalue weighted by Crippen LogP contribution is 1.82. The van der Waals surface area contributed by atoms with Gasteiger partial charge in [0.2, 0.25) is 6.29 Å². The van der Waals surface area contributed by atoms with E-state index in [9.17, 15) is 19.2 Å². The van der Waals surface area contributed by atoms with Crippen LogP contribution in [0, 0.1) is 0 Å². The van der Waals surface area contributed by atoms with Crippen LogP contribution >= 0.6 is 0 Å². The molecule has 0 spiro atoms. The van der Waals surface area contributed by atoms with Gasteiger partial charge in [-0.05, 0) is 0 Å². The normalized spacial score (nSPS) is 8.93. The second-order valence-corrected chi connectivity index (χ2v) is 2.00. The van der Waals surface area contributed by atoms with Gasteiger partial charge in [0.1, 0.15) is 19.8 Å². The Kier molecular flexibility index (Phi) is 5.88. The van der Waals surface area contributed by atoms with Crippen molar-refractivity contribution in [3.05, 3.63) is 0 Å². The summed E-state index contributed by atoms with van der Waals surface area (Å²) in [6.07, 6.45) is -0.0410. The molecule has 0 aromatic carbocycles. The molecule has 0 aliphatic carbocycles. The van der Waals surface area contributed by atoms with Crippen LogP contribution in [0.2, 0.25) is 0 Å². The summed E-state index contributed by atoms with van der Waals surface area (Å²) in [5.41, 5.74) is 0. The van der Waals surface area contributed by atoms with Gasteiger partial charge in [0.15, 0.2) is 0 Å². The molecule has 7 heteroatoms. The first-order valence-corrected chi connectivity index (χ1v) is 3.54. The number of ketones is 1. The molecule has 0 unspecified atom stereocenters. The molecule has 0 aliphatic rings. The highest BCUT2D eigenvalue weighted by Gasteiger charge is 2.13. The molecule has 0 aliphatic heterocycles. The Balaban J connectivity index is 3.55. The Morgan fingerprint density at radius 2 is 1.71 bits per heavy atom. The SMILES string of the molecule is O=CC(=O)OCCOC(=O)C(=O)CO. The second kappa shape index (κ2) is 6.72. The monoisotopic (exact) mass is 204 g/mol. The van der Waals surface area contributed by atoms with E-state index in [1.165, 1.54) is 0 Å². The van der Waals surface area contributed by atoms with Crippen molar-refractivity contribution in [1.29, 1.82) is 0 Å². The van der Waals surface area contributed by atoms with Gasteiger partial charge in [0.05, 0.1) is 0 Å². The zero-order chi connectivity index (χ0) is 11.0. The van der Waals surface area contributed by atoms with Gasteiger partial charge in [-0.2, -0.15) is 0 Å². The molecule has 0 saturated heterocycles. The van der Waals surface area contributed by atoms with E-state index in [1.54, 1.807) is 0 Å². The first-order chi connectivity index (χ1) is 6.61. The number of ether oxygens (including phenoxy) is 2. The molecule has 1 N–H and O–H groups in total. The molecule has 78 valence electrons. The van der Waals surface area contributed by atoms with Crippen LogP contribution < -0.4 is 0 Å². The van der Waals surface area contributed by atoms with Gasteiger partial charge in [0.25, 0.3) is 5.78 Å². The molecule has 14 heavy (non-hydrogen) atoms. The molecular formula is C7H8O7. The van der Waals surface area contributed by atoms with E-state index in [0.29, 0.717) is 0 Å². The number of carbonyl (C=O) groups is 4. The molecular weight excluding hydrogens is 196 g/mol. The van der Waals surface area contributed by atoms with Crippen LogP contribution in [0.1, 0.15) is 0 Å². The fraction of sp³-hybridized carbons (Fsp3) is 0.429. The lowest BCUT2D eigenvalue weighted by molar-refractivity contribution is -0.158. The first-order valence-electron chi connectivity index (χ1n) is 3.54. The van der Waals surface area contributed by atoms with Gasteiger partial charge in [-0.3, -0.25) is 9.59 Å². The lowest BCUT2D eigenvalue weighted by Crippen LogP contribution is -2.23. The van der Waals surface area contributed by atoms with Crippen LogP contribution in [0.15, 0.2) is 0 Å². The largest absolute Gasteiger partial charge is 0.457 e. The number of Topliss-reactive ketones (excluding diaryl/α,β-unsaturated/α-hetero) is 1. The van der Waals surface area contributed by atoms with Crippen LogP contribution in [-0.4, -0.2) is 48.9 Å². The highest BCUT2D eigenvalue weighted by atomic mass is 16.6. The van der Waals surface area contributed by atoms with E-state index in [4.69, 9.17) is 5.11 Å². The minimum atomic E-state index is -1.21. The van der Waals surface area contributed by atoms with Crippen molar-refractivity contribution in [1.82, 2.24) is 0 Å². The van der Waals surface area contributed by atoms with E-state index in [0.717, 1.165) is 0 Å². The van der Waals surface area contributed by atoms with Crippen LogP contribution in [0.5, 0.6) is 0 Å². The van der Waals surface area contributed by atoms with E-state index in [1.807, 2.05) is 0 Å². The van der Waals surface area contributed by atoms with Crippen LogP contribution in [0.4, 0.5) is 0 Å². The number of hydrogen-bond acceptors (Lipinski definition) is 7. The van der Waals surface area contributed by atoms with E-state index < -0.39 is 24.3 Å². The van der Waals surface area contributed by atoms with Gasteiger partial charge in [-0.1, -0.05) is 0 Å². The number of aldehydes is 1. The summed E-state index contributed by atoms with van der Waals surface area (Å²) >= 11 is 0. The Morgan fingerprint density at radius 1 is 1.14 bits per heavy atom. The molecule has 0 aromatic rings. The molecule has 0 amide bonds. The predicted octanol–water partition coefficient (Wildman–Crippen LogP) is -2.17. The van der Waals surface area contributed by atoms with Gasteiger partial charge in [-0.25, -0.2) is 9.59 Å². The second-order valence-electron chi connectivity index (χ2n) is 2.00. The topological polar surface area (TPSA) is 107 Å². The first kappa shape index (κ1) is 12.2. The molecule has 0 bridgehead atoms. The van der Waals surface area contributed by atoms with Crippen molar-refractivity contribution in [3.8, 4) is 0 Å². The van der Waals surface area contributed by atoms with Crippen molar-refractivity contribution in [3.63, 3.8) is 0 Å². The van der Waals surface area contributed by atoms with Gasteiger partial charge < -0.3 is 14.6 Å². The van der Waals surface area contributed by atoms with Crippen LogP contribution in [0.25, 0.3) is 0 Å². The van der Waals surface area contributed by atoms with Gasteiger partial charge >= 0.3 is 11.9 Å². The maximum atomic E-state index is 10.5. The zero-order valence-corrected chi connectivity index (χ0v) is 7.10. The maximum Gasteiger partial charge on any atom is 0.377 e. The van der Waals surface area contributed by atoms with Crippen molar-refractivity contribution >= 4 is 24.0 Å². The van der Waals surface area contributed by atoms with E-state index in [-0.39, 0.29) is 19.5 Å². The quantitative estimate of drug-likeness (QED) is 0.227. The third-order valence-corrected chi connectivity index (χ3v) is 1.03. The summed E-state index contributed by atoms with van der Waals surface area (Å²) < 4.78 is 8.44. The summed E-state index contributed by atoms with van der Waals surface area (Å²) in [7, 11) is 0. The molecule has 0 fully saturated rings. The molecule has 0 saturated carbocycles. The van der Waals surface area contributed by atoms with Crippen molar-refractivity contribution in [2.75, 3.05) is 19.8 Å². The van der Waals surface area contributed by atoms with Crippen molar-refractivity contribution in [2.24, 2.45) is 0 Å². The number of carbonyl (C=O) groups excluding carboxylic acids is 4. The molecule has 0 heterocycles. The molecule has 0 aromatic heterocycles. The number of esters is 2. The lowest BCUT2D eigenvalue weighted by atomic mass is 10.4. The predicted molar refractivity (Wildman–Crippen MR) is 40.1 cm³/mol. The number of aliphatic hydroxyl groups excluding tert-OH is 1. The fourth-order valence-corrected chi connectivity index (χ4v) is 0.456. The molecule has 0 atom stereocenters. The fourth-order valence-electron chi connectivity index (χ4n) is 0.456. The Morgan fingerprint density at radius 3 is 2.21 bits per heavy atom. The number of aliphatic hydroxyl groups is 1. The summed E-state index contributed by atoms with van der Waals surface area (Å²) in [4.78, 5) is 40.9. The lowest BCUT2D eigenvalue weighted by Gasteiger charge is -2.02. The van der Waals surface area contributed by atoms with Gasteiger partial charge in [0, 0.05) is 0 Å². The highest BCUT2D eigenvalue weighted by molar-refractivity contribution is 6.34. The standard InChI is InChI=1S/C7H8O7/c8-3-5(10)7(12)14-2-1-13-6(11)4-9/h4,8H,1-3H2. The average molecular weight is 204 g/mol. The van der Waals surface area contributed by atoms with Gasteiger partial charge in [-0.15, -0.1) is 0 Å². The maximum absolute atomic E-state index is 10.5. The Labute approximate surface area is 78.6 Å². The third kappa shape index (κ3) is 4.99. The summed E-state index contributed by atoms with van der Waals surface area (Å²) in [5, 5.41) is 8.21. The average Bonchev–Trinajstić information content (AvgIpc) is 2.22.